The van der Waals surface area contributed by atoms with Crippen LogP contribution in [0.3, 0.4) is 0 Å². The van der Waals surface area contributed by atoms with Crippen LogP contribution < -0.4 is 11.1 Å². The Kier molecular flexibility index (Phi) is 3.94. The number of hydrogen-bond donors (Lipinski definition) is 4. The van der Waals surface area contributed by atoms with Crippen LogP contribution in [0.2, 0.25) is 0 Å². The molecule has 1 aliphatic heterocycles. The maximum absolute atomic E-state index is 8.93. The average molecular weight is 174 g/mol. The molecule has 1 heterocycles. The molecule has 1 rings (SSSR count). The number of rotatable bonds is 3. The van der Waals surface area contributed by atoms with Crippen LogP contribution in [0.15, 0.2) is 0 Å². The van der Waals surface area contributed by atoms with Crippen molar-refractivity contribution in [1.82, 2.24) is 5.32 Å². The molecule has 2 unspecified atom stereocenters. The van der Waals surface area contributed by atoms with Crippen molar-refractivity contribution in [2.75, 3.05) is 19.8 Å². The Morgan fingerprint density at radius 2 is 1.67 bits per heavy atom. The lowest BCUT2D eigenvalue weighted by Gasteiger charge is -2.34. The van der Waals surface area contributed by atoms with Crippen LogP contribution in [0.1, 0.15) is 12.8 Å². The highest BCUT2D eigenvalue weighted by atomic mass is 16.3. The molecule has 0 aromatic heterocycles. The fourth-order valence-electron chi connectivity index (χ4n) is 1.82. The van der Waals surface area contributed by atoms with Crippen LogP contribution in [-0.2, 0) is 0 Å². The van der Waals surface area contributed by atoms with Crippen LogP contribution in [0, 0.1) is 5.92 Å². The largest absolute Gasteiger partial charge is 0.395 e. The molecule has 2 atom stereocenters. The minimum absolute atomic E-state index is 0.115. The van der Waals surface area contributed by atoms with Gasteiger partial charge in [-0.2, -0.15) is 0 Å². The summed E-state index contributed by atoms with van der Waals surface area (Å²) in [4.78, 5) is 0. The van der Waals surface area contributed by atoms with Gasteiger partial charge in [-0.25, -0.2) is 0 Å². The summed E-state index contributed by atoms with van der Waals surface area (Å²) in [5, 5.41) is 21.0. The molecule has 72 valence electrons. The van der Waals surface area contributed by atoms with Gasteiger partial charge in [0, 0.05) is 12.1 Å². The Morgan fingerprint density at radius 3 is 2.00 bits per heavy atom. The Hall–Kier alpha value is -0.160. The average Bonchev–Trinajstić information content (AvgIpc) is 2.16. The molecule has 0 spiro atoms. The summed E-state index contributed by atoms with van der Waals surface area (Å²) in [5.41, 5.74) is 5.55. The fraction of sp³-hybridized carbons (Fsp3) is 1.00. The lowest BCUT2D eigenvalue weighted by Crippen LogP contribution is -2.50. The standard InChI is InChI=1S/C8H18N2O2/c9-3-6-1-7(4-11)10-8(2-6)5-12/h6-8,10-12H,1-5,9H2. The van der Waals surface area contributed by atoms with Crippen molar-refractivity contribution in [3.05, 3.63) is 0 Å². The molecule has 4 nitrogen and oxygen atoms in total. The van der Waals surface area contributed by atoms with E-state index in [1.54, 1.807) is 0 Å². The van der Waals surface area contributed by atoms with Crippen molar-refractivity contribution in [1.29, 1.82) is 0 Å². The molecule has 1 saturated heterocycles. The maximum atomic E-state index is 8.93. The first-order chi connectivity index (χ1) is 5.80. The first-order valence-corrected chi connectivity index (χ1v) is 4.48. The highest BCUT2D eigenvalue weighted by Gasteiger charge is 2.26. The summed E-state index contributed by atoms with van der Waals surface area (Å²) in [7, 11) is 0. The van der Waals surface area contributed by atoms with Crippen LogP contribution in [0.25, 0.3) is 0 Å². The van der Waals surface area contributed by atoms with Gasteiger partial charge in [0.25, 0.3) is 0 Å². The highest BCUT2D eigenvalue weighted by molar-refractivity contribution is 4.84. The molecule has 5 N–H and O–H groups in total. The minimum Gasteiger partial charge on any atom is -0.395 e. The van der Waals surface area contributed by atoms with Crippen molar-refractivity contribution < 1.29 is 10.2 Å². The van der Waals surface area contributed by atoms with Gasteiger partial charge in [-0.05, 0) is 25.3 Å². The Bertz CT molecular complexity index is 102. The SMILES string of the molecule is NCC1CC(CO)NC(CO)C1. The fourth-order valence-corrected chi connectivity index (χ4v) is 1.82. The van der Waals surface area contributed by atoms with Crippen LogP contribution in [0.5, 0.6) is 0 Å². The number of nitrogens with two attached hydrogens (primary N) is 1. The van der Waals surface area contributed by atoms with Gasteiger partial charge in [-0.15, -0.1) is 0 Å². The summed E-state index contributed by atoms with van der Waals surface area (Å²) in [6.07, 6.45) is 1.84. The van der Waals surface area contributed by atoms with Gasteiger partial charge in [0.05, 0.1) is 13.2 Å². The summed E-state index contributed by atoms with van der Waals surface area (Å²) >= 11 is 0. The van der Waals surface area contributed by atoms with Crippen molar-refractivity contribution >= 4 is 0 Å². The van der Waals surface area contributed by atoms with E-state index in [-0.39, 0.29) is 25.3 Å². The molecule has 0 radical (unpaired) electrons. The van der Waals surface area contributed by atoms with Crippen molar-refractivity contribution in [3.8, 4) is 0 Å². The first-order valence-electron chi connectivity index (χ1n) is 4.48. The molecule has 0 amide bonds. The minimum atomic E-state index is 0.115. The van der Waals surface area contributed by atoms with E-state index in [1.807, 2.05) is 0 Å². The van der Waals surface area contributed by atoms with E-state index >= 15 is 0 Å². The van der Waals surface area contributed by atoms with Crippen molar-refractivity contribution in [3.63, 3.8) is 0 Å². The second-order valence-electron chi connectivity index (χ2n) is 3.50. The zero-order valence-electron chi connectivity index (χ0n) is 7.24. The lowest BCUT2D eigenvalue weighted by molar-refractivity contribution is 0.130. The van der Waals surface area contributed by atoms with Gasteiger partial charge in [0.2, 0.25) is 0 Å². The third-order valence-electron chi connectivity index (χ3n) is 2.48. The number of nitrogens with one attached hydrogen (secondary N) is 1. The van der Waals surface area contributed by atoms with Gasteiger partial charge in [0.15, 0.2) is 0 Å². The Balaban J connectivity index is 2.41. The maximum Gasteiger partial charge on any atom is 0.0584 e. The molecule has 1 aliphatic rings. The molecule has 1 fully saturated rings. The molecule has 12 heavy (non-hydrogen) atoms. The monoisotopic (exact) mass is 174 g/mol. The molecular weight excluding hydrogens is 156 g/mol. The molecular formula is C8H18N2O2. The summed E-state index contributed by atoms with van der Waals surface area (Å²) in [6, 6.07) is 0.230. The summed E-state index contributed by atoms with van der Waals surface area (Å²) < 4.78 is 0. The molecule has 0 bridgehead atoms. The van der Waals surface area contributed by atoms with Crippen LogP contribution >= 0.6 is 0 Å². The first kappa shape index (κ1) is 9.92. The number of hydrogen-bond acceptors (Lipinski definition) is 4. The van der Waals surface area contributed by atoms with Gasteiger partial charge in [-0.1, -0.05) is 0 Å². The topological polar surface area (TPSA) is 78.5 Å². The second-order valence-corrected chi connectivity index (χ2v) is 3.50. The second kappa shape index (κ2) is 4.77. The Labute approximate surface area is 72.8 Å². The Morgan fingerprint density at radius 1 is 1.17 bits per heavy atom. The predicted molar refractivity (Wildman–Crippen MR) is 46.7 cm³/mol. The van der Waals surface area contributed by atoms with Gasteiger partial charge in [0.1, 0.15) is 0 Å². The third kappa shape index (κ3) is 2.42. The predicted octanol–water partition coefficient (Wildman–Crippen LogP) is -1.33. The van der Waals surface area contributed by atoms with Crippen LogP contribution in [0.4, 0.5) is 0 Å². The van der Waals surface area contributed by atoms with E-state index in [0.29, 0.717) is 12.5 Å². The quantitative estimate of drug-likeness (QED) is 0.427. The zero-order chi connectivity index (χ0) is 8.97. The smallest absolute Gasteiger partial charge is 0.0584 e. The van der Waals surface area contributed by atoms with Crippen LogP contribution in [-0.4, -0.2) is 42.1 Å². The van der Waals surface area contributed by atoms with Gasteiger partial charge >= 0.3 is 0 Å². The normalized spacial score (nSPS) is 36.8. The van der Waals surface area contributed by atoms with E-state index in [9.17, 15) is 0 Å². The van der Waals surface area contributed by atoms with E-state index in [1.165, 1.54) is 0 Å². The van der Waals surface area contributed by atoms with Crippen molar-refractivity contribution in [2.24, 2.45) is 11.7 Å². The van der Waals surface area contributed by atoms with Gasteiger partial charge in [-0.3, -0.25) is 0 Å². The third-order valence-corrected chi connectivity index (χ3v) is 2.48. The zero-order valence-corrected chi connectivity index (χ0v) is 7.24. The van der Waals surface area contributed by atoms with Crippen molar-refractivity contribution in [2.45, 2.75) is 24.9 Å². The number of aliphatic hydroxyl groups excluding tert-OH is 2. The van der Waals surface area contributed by atoms with E-state index in [2.05, 4.69) is 5.32 Å². The highest BCUT2D eigenvalue weighted by Crippen LogP contribution is 2.18. The van der Waals surface area contributed by atoms with E-state index in [0.717, 1.165) is 12.8 Å². The lowest BCUT2D eigenvalue weighted by atomic mass is 9.88. The van der Waals surface area contributed by atoms with E-state index < -0.39 is 0 Å². The van der Waals surface area contributed by atoms with Gasteiger partial charge < -0.3 is 21.3 Å². The summed E-state index contributed by atoms with van der Waals surface area (Å²) in [5.74, 6) is 0.445. The number of piperidine rings is 1. The van der Waals surface area contributed by atoms with E-state index in [4.69, 9.17) is 15.9 Å². The molecule has 0 aliphatic carbocycles. The number of aliphatic hydroxyl groups is 2. The molecule has 4 heteroatoms. The summed E-state index contributed by atoms with van der Waals surface area (Å²) in [6.45, 7) is 0.911. The molecule has 0 saturated carbocycles. The molecule has 0 aromatic rings. The molecule has 0 aromatic carbocycles.